The zero-order chi connectivity index (χ0) is 26.3. The minimum absolute atomic E-state index is 0. The van der Waals surface area contributed by atoms with Crippen molar-refractivity contribution in [3.63, 3.8) is 0 Å². The summed E-state index contributed by atoms with van der Waals surface area (Å²) in [4.78, 5) is 26.1. The van der Waals surface area contributed by atoms with Crippen LogP contribution in [0.5, 0.6) is 0 Å². The molecule has 0 spiro atoms. The summed E-state index contributed by atoms with van der Waals surface area (Å²) in [5.74, 6) is 0.598. The van der Waals surface area contributed by atoms with E-state index in [0.29, 0.717) is 18.0 Å². The van der Waals surface area contributed by atoms with Gasteiger partial charge >= 0.3 is 0 Å². The van der Waals surface area contributed by atoms with Crippen molar-refractivity contribution in [3.05, 3.63) is 113 Å². The summed E-state index contributed by atoms with van der Waals surface area (Å²) in [5, 5.41) is 0. The molecule has 0 radical (unpaired) electrons. The van der Waals surface area contributed by atoms with E-state index in [1.165, 1.54) is 23.4 Å². The smallest absolute Gasteiger partial charge is 0.261 e. The molecule has 0 saturated carbocycles. The number of benzene rings is 2. The van der Waals surface area contributed by atoms with Gasteiger partial charge in [0.25, 0.3) is 9.05 Å². The third kappa shape index (κ3) is 7.55. The molecular weight excluding hydrogens is 520 g/mol. The van der Waals surface area contributed by atoms with Crippen molar-refractivity contribution in [2.24, 2.45) is 0 Å². The van der Waals surface area contributed by atoms with Gasteiger partial charge in [-0.2, -0.15) is 0 Å². The zero-order valence-electron chi connectivity index (χ0n) is 20.4. The molecule has 6 rings (SSSR count). The van der Waals surface area contributed by atoms with Crippen LogP contribution in [0.2, 0.25) is 0 Å². The highest BCUT2D eigenvalue weighted by atomic mass is 35.7. The second-order valence-corrected chi connectivity index (χ2v) is 11.5. The van der Waals surface area contributed by atoms with Crippen molar-refractivity contribution in [2.75, 3.05) is 0 Å². The number of Topliss-reactive ketones (excluding diaryl/α,β-unsaturated/α-hetero) is 2. The van der Waals surface area contributed by atoms with Crippen LogP contribution in [0.25, 0.3) is 0 Å². The van der Waals surface area contributed by atoms with E-state index in [4.69, 9.17) is 10.7 Å². The van der Waals surface area contributed by atoms with E-state index >= 15 is 0 Å². The van der Waals surface area contributed by atoms with Crippen LogP contribution in [0.1, 0.15) is 70.8 Å². The summed E-state index contributed by atoms with van der Waals surface area (Å²) < 4.78 is 23.4. The van der Waals surface area contributed by atoms with Crippen LogP contribution in [0.3, 0.4) is 0 Å². The van der Waals surface area contributed by atoms with E-state index in [9.17, 15) is 18.0 Å². The lowest BCUT2D eigenvalue weighted by molar-refractivity contribution is 0.0964. The molecule has 0 saturated heterocycles. The quantitative estimate of drug-likeness (QED) is 0.282. The van der Waals surface area contributed by atoms with E-state index in [-0.39, 0.29) is 12.3 Å². The van der Waals surface area contributed by atoms with Gasteiger partial charge in [-0.25, -0.2) is 8.42 Å². The number of aromatic amines is 1. The van der Waals surface area contributed by atoms with Gasteiger partial charge in [0.1, 0.15) is 0 Å². The first-order valence-corrected chi connectivity index (χ1v) is 14.6. The fourth-order valence-corrected chi connectivity index (χ4v) is 5.32. The minimum Gasteiger partial charge on any atom is -0.364 e. The molecular formula is C30H33ClN2O4S. The second-order valence-electron chi connectivity index (χ2n) is 8.96. The van der Waals surface area contributed by atoms with Gasteiger partial charge in [-0.3, -0.25) is 9.59 Å². The Morgan fingerprint density at radius 3 is 1.97 bits per heavy atom. The molecule has 2 aromatic carbocycles. The minimum atomic E-state index is -3.53. The molecule has 0 fully saturated rings. The summed E-state index contributed by atoms with van der Waals surface area (Å²) in [6.07, 6.45) is 9.38. The molecule has 0 amide bonds. The highest BCUT2D eigenvalue weighted by molar-refractivity contribution is 8.13. The molecule has 38 heavy (non-hydrogen) atoms. The number of hydrogen-bond acceptors (Lipinski definition) is 4. The number of fused-ring (bicyclic) bond motifs is 2. The topological polar surface area (TPSA) is 89.0 Å². The van der Waals surface area contributed by atoms with Crippen LogP contribution in [-0.2, 0) is 28.4 Å². The highest BCUT2D eigenvalue weighted by Gasteiger charge is 2.20. The van der Waals surface area contributed by atoms with Crippen molar-refractivity contribution in [1.82, 2.24) is 9.55 Å². The number of halogens is 1. The van der Waals surface area contributed by atoms with Crippen molar-refractivity contribution in [1.29, 1.82) is 0 Å². The summed E-state index contributed by atoms with van der Waals surface area (Å²) in [5.41, 5.74) is 5.46. The van der Waals surface area contributed by atoms with Crippen LogP contribution in [-0.4, -0.2) is 29.5 Å². The van der Waals surface area contributed by atoms with Gasteiger partial charge in [-0.1, -0.05) is 56.0 Å². The SMILES string of the molecule is C.O=C1CCCc2[nH]ccc21.O=C1CCCc2c1ccn2Cc1ccccc1.O=S(=O)(Cl)c1ccccc1. The zero-order valence-corrected chi connectivity index (χ0v) is 22.0. The Kier molecular flexibility index (Phi) is 10.3. The van der Waals surface area contributed by atoms with Crippen molar-refractivity contribution < 1.29 is 18.0 Å². The Balaban J connectivity index is 0.000000165. The fourth-order valence-electron chi connectivity index (χ4n) is 4.53. The summed E-state index contributed by atoms with van der Waals surface area (Å²) in [6.45, 7) is 0.865. The molecule has 2 aliphatic rings. The number of H-pyrrole nitrogens is 1. The Hall–Kier alpha value is -3.42. The first kappa shape index (κ1) is 29.1. The molecule has 0 bridgehead atoms. The maximum atomic E-state index is 11.7. The summed E-state index contributed by atoms with van der Waals surface area (Å²) >= 11 is 0. The number of aryl methyl sites for hydroxylation is 1. The number of nitrogens with zero attached hydrogens (tertiary/aromatic N) is 1. The number of aromatic nitrogens is 2. The van der Waals surface area contributed by atoms with Crippen LogP contribution in [0, 0.1) is 0 Å². The molecule has 0 aliphatic heterocycles. The van der Waals surface area contributed by atoms with Gasteiger partial charge in [0, 0.05) is 65.0 Å². The molecule has 6 nitrogen and oxygen atoms in total. The maximum absolute atomic E-state index is 11.7. The average Bonchev–Trinajstić information content (AvgIpc) is 3.55. The van der Waals surface area contributed by atoms with Crippen LogP contribution >= 0.6 is 10.7 Å². The molecule has 200 valence electrons. The lowest BCUT2D eigenvalue weighted by atomic mass is 9.97. The Bertz CT molecular complexity index is 1460. The number of carbonyl (C=O) groups is 2. The van der Waals surface area contributed by atoms with Crippen LogP contribution in [0.15, 0.2) is 90.1 Å². The first-order chi connectivity index (χ1) is 17.8. The third-order valence-electron chi connectivity index (χ3n) is 6.38. The Labute approximate surface area is 229 Å². The van der Waals surface area contributed by atoms with E-state index in [1.807, 2.05) is 30.6 Å². The van der Waals surface area contributed by atoms with E-state index in [1.54, 1.807) is 18.2 Å². The molecule has 0 atom stereocenters. The predicted octanol–water partition coefficient (Wildman–Crippen LogP) is 6.84. The fraction of sp³-hybridized carbons (Fsp3) is 0.267. The predicted molar refractivity (Wildman–Crippen MR) is 152 cm³/mol. The number of ketones is 2. The highest BCUT2D eigenvalue weighted by Crippen LogP contribution is 2.23. The number of carbonyl (C=O) groups excluding carboxylic acids is 2. The van der Waals surface area contributed by atoms with Gasteiger partial charge in [-0.15, -0.1) is 0 Å². The molecule has 1 N–H and O–H groups in total. The standard InChI is InChI=1S/C15H15NO.C8H9NO.C6H5ClO2S.CH4/c17-15-8-4-7-14-13(15)9-10-16(14)11-12-5-2-1-3-6-12;10-8-3-1-2-7-6(8)4-5-9-7;7-10(8,9)6-4-2-1-3-5-6;/h1-3,5-6,9-10H,4,7-8,11H2;4-5,9H,1-3H2;1-5H;1H4. The van der Waals surface area contributed by atoms with E-state index < -0.39 is 9.05 Å². The molecule has 2 aromatic heterocycles. The summed E-state index contributed by atoms with van der Waals surface area (Å²) in [7, 11) is 1.50. The van der Waals surface area contributed by atoms with Gasteiger partial charge in [0.05, 0.1) is 4.90 Å². The summed E-state index contributed by atoms with van der Waals surface area (Å²) in [6, 6.07) is 22.1. The monoisotopic (exact) mass is 552 g/mol. The van der Waals surface area contributed by atoms with Crippen LogP contribution < -0.4 is 0 Å². The maximum Gasteiger partial charge on any atom is 0.261 e. The molecule has 2 heterocycles. The van der Waals surface area contributed by atoms with Gasteiger partial charge in [0.15, 0.2) is 11.6 Å². The van der Waals surface area contributed by atoms with E-state index in [2.05, 4.69) is 33.8 Å². The van der Waals surface area contributed by atoms with Crippen molar-refractivity contribution in [3.8, 4) is 0 Å². The van der Waals surface area contributed by atoms with Gasteiger partial charge < -0.3 is 9.55 Å². The second kappa shape index (κ2) is 13.4. The number of hydrogen-bond donors (Lipinski definition) is 1. The lowest BCUT2D eigenvalue weighted by Crippen LogP contribution is -2.13. The van der Waals surface area contributed by atoms with Gasteiger partial charge in [-0.05, 0) is 55.5 Å². The van der Waals surface area contributed by atoms with Crippen molar-refractivity contribution >= 4 is 31.3 Å². The molecule has 0 unspecified atom stereocenters. The first-order valence-electron chi connectivity index (χ1n) is 12.3. The Morgan fingerprint density at radius 1 is 0.763 bits per heavy atom. The Morgan fingerprint density at radius 2 is 1.37 bits per heavy atom. The van der Waals surface area contributed by atoms with Gasteiger partial charge in [0.2, 0.25) is 0 Å². The normalized spacial score (nSPS) is 14.0. The van der Waals surface area contributed by atoms with Crippen LogP contribution in [0.4, 0.5) is 0 Å². The average molecular weight is 553 g/mol. The van der Waals surface area contributed by atoms with E-state index in [0.717, 1.165) is 55.5 Å². The third-order valence-corrected chi connectivity index (χ3v) is 7.75. The molecule has 8 heteroatoms. The number of nitrogens with one attached hydrogen (secondary N) is 1. The lowest BCUT2D eigenvalue weighted by Gasteiger charge is -2.15. The molecule has 2 aliphatic carbocycles. The van der Waals surface area contributed by atoms with Crippen molar-refractivity contribution in [2.45, 2.75) is 57.4 Å². The number of rotatable bonds is 3. The largest absolute Gasteiger partial charge is 0.364 e. The molecule has 4 aromatic rings.